The maximum absolute atomic E-state index is 7.33. The first-order chi connectivity index (χ1) is 2.00. The van der Waals surface area contributed by atoms with E-state index in [0.29, 0.717) is 0 Å². The molecule has 0 unspecified atom stereocenters. The van der Waals surface area contributed by atoms with Crippen LogP contribution in [0, 0.1) is 41.7 Å². The van der Waals surface area contributed by atoms with Gasteiger partial charge in [0.1, 0.15) is 0 Å². The van der Waals surface area contributed by atoms with Crippen LogP contribution < -0.4 is 0 Å². The molecule has 0 amide bonds. The summed E-state index contributed by atoms with van der Waals surface area (Å²) in [6, 6.07) is 0. The second-order valence-electron chi connectivity index (χ2n) is 0.600. The van der Waals surface area contributed by atoms with E-state index < -0.39 is 9.05 Å². The molecule has 0 fully saturated rings. The van der Waals surface area contributed by atoms with E-state index in [2.05, 4.69) is 0 Å². The van der Waals surface area contributed by atoms with Gasteiger partial charge in [-0.3, -0.25) is 0 Å². The van der Waals surface area contributed by atoms with Crippen LogP contribution in [0.2, 0.25) is 0 Å². The smallest absolute Gasteiger partial charge is 0.368 e. The van der Waals surface area contributed by atoms with E-state index in [1.54, 1.807) is 0 Å². The first-order valence-corrected chi connectivity index (χ1v) is 2.68. The molecular formula is H6CeMgO4Si. The van der Waals surface area contributed by atoms with Gasteiger partial charge < -0.3 is 19.2 Å². The molecular weight excluding hydrogens is 257 g/mol. The fourth-order valence-corrected chi connectivity index (χ4v) is 0. The van der Waals surface area contributed by atoms with E-state index in [1.165, 1.54) is 0 Å². The van der Waals surface area contributed by atoms with Crippen molar-refractivity contribution in [2.24, 2.45) is 0 Å². The fourth-order valence-electron chi connectivity index (χ4n) is 0. The monoisotopic (exact) mass is 262 g/mol. The molecule has 0 aliphatic rings. The van der Waals surface area contributed by atoms with E-state index in [-0.39, 0.29) is 64.8 Å². The maximum Gasteiger partial charge on any atom is 0.668 e. The summed E-state index contributed by atoms with van der Waals surface area (Å²) in [5.74, 6) is 0. The Labute approximate surface area is 91.6 Å². The molecule has 0 radical (unpaired) electrons. The molecule has 0 atom stereocenters. The van der Waals surface area contributed by atoms with Crippen LogP contribution in [0.1, 0.15) is 0 Å². The third kappa shape index (κ3) is 65.1. The molecule has 0 aliphatic carbocycles. The minimum Gasteiger partial charge on any atom is -0.368 e. The Morgan fingerprint density at radius 1 is 0.857 bits per heavy atom. The summed E-state index contributed by atoms with van der Waals surface area (Å²) >= 11 is 0. The second kappa shape index (κ2) is 6.32. The standard InChI is InChI=1S/Ce.Mg.H4O4Si.2H/c;;1-5(2,3)4;;/h;;1-4H;;. The van der Waals surface area contributed by atoms with Crippen LogP contribution in [0.3, 0.4) is 0 Å². The summed E-state index contributed by atoms with van der Waals surface area (Å²) < 4.78 is 0. The molecule has 0 aliphatic heterocycles. The molecule has 0 aromatic rings. The SMILES string of the molecule is O[Si](O)(O)O.[Ce].[MgH2]. The van der Waals surface area contributed by atoms with Crippen molar-refractivity contribution in [1.82, 2.24) is 0 Å². The van der Waals surface area contributed by atoms with Crippen molar-refractivity contribution in [3.8, 4) is 0 Å². The first-order valence-electron chi connectivity index (χ1n) is 0.894. The van der Waals surface area contributed by atoms with Crippen molar-refractivity contribution in [2.45, 2.75) is 0 Å². The van der Waals surface area contributed by atoms with Crippen molar-refractivity contribution in [3.63, 3.8) is 0 Å². The summed E-state index contributed by atoms with van der Waals surface area (Å²) in [6.07, 6.45) is 0. The average molecular weight is 263 g/mol. The minimum atomic E-state index is -4.61. The Morgan fingerprint density at radius 3 is 0.857 bits per heavy atom. The van der Waals surface area contributed by atoms with Crippen molar-refractivity contribution < 1.29 is 60.9 Å². The largest absolute Gasteiger partial charge is 0.668 e. The van der Waals surface area contributed by atoms with E-state index in [1.807, 2.05) is 0 Å². The second-order valence-corrected chi connectivity index (χ2v) is 1.80. The molecule has 0 saturated carbocycles. The fraction of sp³-hybridized carbons (Fsp3) is 0. The van der Waals surface area contributed by atoms with Crippen LogP contribution in [0.4, 0.5) is 0 Å². The van der Waals surface area contributed by atoms with Crippen molar-refractivity contribution >= 4 is 32.1 Å². The van der Waals surface area contributed by atoms with Gasteiger partial charge in [-0.25, -0.2) is 0 Å². The zero-order valence-electron chi connectivity index (χ0n) is 2.79. The Morgan fingerprint density at radius 2 is 0.857 bits per heavy atom. The molecule has 0 heterocycles. The molecule has 0 bridgehead atoms. The molecule has 4 N–H and O–H groups in total. The van der Waals surface area contributed by atoms with E-state index in [0.717, 1.165) is 0 Å². The summed E-state index contributed by atoms with van der Waals surface area (Å²) in [7, 11) is -4.61. The predicted octanol–water partition coefficient (Wildman–Crippen LogP) is -3.52. The van der Waals surface area contributed by atoms with Gasteiger partial charge >= 0.3 is 32.1 Å². The van der Waals surface area contributed by atoms with Crippen molar-refractivity contribution in [1.29, 1.82) is 0 Å². The van der Waals surface area contributed by atoms with E-state index in [9.17, 15) is 0 Å². The van der Waals surface area contributed by atoms with Crippen molar-refractivity contribution in [2.75, 3.05) is 0 Å². The van der Waals surface area contributed by atoms with Gasteiger partial charge in [-0.2, -0.15) is 0 Å². The predicted molar refractivity (Wildman–Crippen MR) is 23.2 cm³/mol. The molecule has 0 aromatic heterocycles. The quantitative estimate of drug-likeness (QED) is 0.341. The van der Waals surface area contributed by atoms with Crippen LogP contribution in [0.25, 0.3) is 0 Å². The summed E-state index contributed by atoms with van der Waals surface area (Å²) in [6.45, 7) is 0. The average Bonchev–Trinajstić information content (AvgIpc) is 0.722. The number of rotatable bonds is 0. The molecule has 0 aromatic carbocycles. The van der Waals surface area contributed by atoms with Gasteiger partial charge in [0.2, 0.25) is 0 Å². The number of hydrogen-bond donors (Lipinski definition) is 4. The van der Waals surface area contributed by atoms with Crippen LogP contribution in [0.15, 0.2) is 0 Å². The Bertz CT molecular complexity index is 27.2. The van der Waals surface area contributed by atoms with Gasteiger partial charge in [0, 0.05) is 41.7 Å². The Kier molecular flexibility index (Phi) is 14.5. The third-order valence-electron chi connectivity index (χ3n) is 0. The molecule has 40 valence electrons. The van der Waals surface area contributed by atoms with Gasteiger partial charge in [-0.05, 0) is 0 Å². The van der Waals surface area contributed by atoms with Crippen LogP contribution in [-0.4, -0.2) is 51.3 Å². The van der Waals surface area contributed by atoms with Gasteiger partial charge in [-0.1, -0.05) is 0 Å². The van der Waals surface area contributed by atoms with E-state index >= 15 is 0 Å². The van der Waals surface area contributed by atoms with Crippen LogP contribution in [-0.2, 0) is 0 Å². The zero-order chi connectivity index (χ0) is 4.50. The maximum atomic E-state index is 7.33. The molecule has 7 heavy (non-hydrogen) atoms. The molecule has 4 nitrogen and oxygen atoms in total. The Hall–Kier alpha value is 2.20. The molecule has 0 rings (SSSR count). The summed E-state index contributed by atoms with van der Waals surface area (Å²) in [4.78, 5) is 29.3. The molecule has 0 saturated heterocycles. The Balaban J connectivity index is -0.0000000800. The van der Waals surface area contributed by atoms with E-state index in [4.69, 9.17) is 19.2 Å². The zero-order valence-corrected chi connectivity index (χ0v) is 6.93. The normalized spacial score (nSPS) is 8.57. The van der Waals surface area contributed by atoms with Gasteiger partial charge in [-0.15, -0.1) is 0 Å². The van der Waals surface area contributed by atoms with Gasteiger partial charge in [0.15, 0.2) is 0 Å². The van der Waals surface area contributed by atoms with Crippen LogP contribution >= 0.6 is 0 Å². The summed E-state index contributed by atoms with van der Waals surface area (Å²) in [5, 5.41) is 0. The molecule has 0 spiro atoms. The van der Waals surface area contributed by atoms with Crippen LogP contribution in [0.5, 0.6) is 0 Å². The van der Waals surface area contributed by atoms with Gasteiger partial charge in [0.25, 0.3) is 0 Å². The number of hydrogen-bond acceptors (Lipinski definition) is 4. The topological polar surface area (TPSA) is 80.9 Å². The molecule has 7 heteroatoms. The van der Waals surface area contributed by atoms with Gasteiger partial charge in [0.05, 0.1) is 0 Å². The van der Waals surface area contributed by atoms with Crippen molar-refractivity contribution in [3.05, 3.63) is 0 Å². The third-order valence-corrected chi connectivity index (χ3v) is 0. The summed E-state index contributed by atoms with van der Waals surface area (Å²) in [5.41, 5.74) is 0. The first kappa shape index (κ1) is 16.1. The minimum absolute atomic E-state index is 0.